The zero-order valence-electron chi connectivity index (χ0n) is 11.6. The molecule has 0 amide bonds. The molecular weight excluding hydrogens is 226 g/mol. The Kier molecular flexibility index (Phi) is 4.48. The van der Waals surface area contributed by atoms with Crippen LogP contribution < -0.4 is 9.47 Å². The Morgan fingerprint density at radius 2 is 2.22 bits per heavy atom. The molecule has 1 aliphatic heterocycles. The van der Waals surface area contributed by atoms with Crippen LogP contribution in [0.4, 0.5) is 0 Å². The van der Waals surface area contributed by atoms with E-state index in [9.17, 15) is 0 Å². The van der Waals surface area contributed by atoms with E-state index in [1.165, 1.54) is 12.0 Å². The first kappa shape index (κ1) is 13.2. The van der Waals surface area contributed by atoms with Crippen molar-refractivity contribution >= 4 is 0 Å². The second kappa shape index (κ2) is 6.10. The van der Waals surface area contributed by atoms with Crippen molar-refractivity contribution in [2.45, 2.75) is 39.3 Å². The van der Waals surface area contributed by atoms with Crippen LogP contribution in [0, 0.1) is 0 Å². The van der Waals surface area contributed by atoms with E-state index >= 15 is 0 Å². The van der Waals surface area contributed by atoms with Gasteiger partial charge in [-0.25, -0.2) is 0 Å². The number of methoxy groups -OCH3 is 1. The Balaban J connectivity index is 2.25. The predicted molar refractivity (Wildman–Crippen MR) is 73.3 cm³/mol. The van der Waals surface area contributed by atoms with E-state index < -0.39 is 0 Å². The molecule has 0 saturated heterocycles. The number of ether oxygens (including phenoxy) is 2. The van der Waals surface area contributed by atoms with Crippen LogP contribution in [0.15, 0.2) is 18.2 Å². The van der Waals surface area contributed by atoms with Gasteiger partial charge in [0.1, 0.15) is 17.6 Å². The van der Waals surface area contributed by atoms with Gasteiger partial charge in [0.05, 0.1) is 7.11 Å². The zero-order valence-corrected chi connectivity index (χ0v) is 11.6. The smallest absolute Gasteiger partial charge is 0.124 e. The van der Waals surface area contributed by atoms with Gasteiger partial charge in [-0.1, -0.05) is 13.8 Å². The maximum Gasteiger partial charge on any atom is 0.124 e. The number of nitrogens with zero attached hydrogens (tertiary/aromatic N) is 1. The van der Waals surface area contributed by atoms with E-state index in [0.29, 0.717) is 6.10 Å². The minimum Gasteiger partial charge on any atom is -0.497 e. The molecule has 1 unspecified atom stereocenters. The van der Waals surface area contributed by atoms with Crippen LogP contribution in [0.5, 0.6) is 11.5 Å². The molecule has 0 saturated carbocycles. The second-order valence-corrected chi connectivity index (χ2v) is 4.86. The van der Waals surface area contributed by atoms with Gasteiger partial charge < -0.3 is 9.47 Å². The molecule has 0 fully saturated rings. The van der Waals surface area contributed by atoms with Gasteiger partial charge in [-0.3, -0.25) is 4.90 Å². The lowest BCUT2D eigenvalue weighted by Gasteiger charge is -2.22. The van der Waals surface area contributed by atoms with Crippen molar-refractivity contribution < 1.29 is 9.47 Å². The largest absolute Gasteiger partial charge is 0.497 e. The topological polar surface area (TPSA) is 21.7 Å². The van der Waals surface area contributed by atoms with Crippen molar-refractivity contribution in [3.63, 3.8) is 0 Å². The number of hydrogen-bond donors (Lipinski definition) is 0. The molecule has 1 aromatic rings. The minimum atomic E-state index is 0.297. The molecule has 1 heterocycles. The highest BCUT2D eigenvalue weighted by Crippen LogP contribution is 2.29. The molecule has 1 atom stereocenters. The summed E-state index contributed by atoms with van der Waals surface area (Å²) in [7, 11) is 1.71. The highest BCUT2D eigenvalue weighted by molar-refractivity contribution is 5.41. The fraction of sp³-hybridized carbons (Fsp3) is 0.600. The summed E-state index contributed by atoms with van der Waals surface area (Å²) in [6.07, 6.45) is 2.52. The summed E-state index contributed by atoms with van der Waals surface area (Å²) in [4.78, 5) is 2.47. The lowest BCUT2D eigenvalue weighted by molar-refractivity contribution is 0.143. The normalized spacial score (nSPS) is 19.8. The minimum absolute atomic E-state index is 0.297. The summed E-state index contributed by atoms with van der Waals surface area (Å²) in [6, 6.07) is 6.10. The summed E-state index contributed by atoms with van der Waals surface area (Å²) >= 11 is 0. The van der Waals surface area contributed by atoms with E-state index in [1.54, 1.807) is 7.11 Å². The maximum atomic E-state index is 6.08. The van der Waals surface area contributed by atoms with Crippen molar-refractivity contribution in [1.29, 1.82) is 0 Å². The molecule has 0 aliphatic carbocycles. The van der Waals surface area contributed by atoms with Gasteiger partial charge in [-0.15, -0.1) is 0 Å². The van der Waals surface area contributed by atoms with Crippen LogP contribution in [0.1, 0.15) is 32.3 Å². The van der Waals surface area contributed by atoms with Gasteiger partial charge in [0, 0.05) is 18.7 Å². The molecule has 0 N–H and O–H groups in total. The molecule has 3 nitrogen and oxygen atoms in total. The standard InChI is InChI=1S/C15H23NO2/c1-4-8-16-10-12-9-14(17-3)6-7-15(12)18-13(5-2)11-16/h6-7,9,13H,4-5,8,10-11H2,1-3H3. The lowest BCUT2D eigenvalue weighted by atomic mass is 10.1. The van der Waals surface area contributed by atoms with Gasteiger partial charge in [-0.2, -0.15) is 0 Å². The first-order chi connectivity index (χ1) is 8.76. The highest BCUT2D eigenvalue weighted by Gasteiger charge is 2.21. The van der Waals surface area contributed by atoms with E-state index in [4.69, 9.17) is 9.47 Å². The summed E-state index contributed by atoms with van der Waals surface area (Å²) < 4.78 is 11.4. The monoisotopic (exact) mass is 249 g/mol. The number of rotatable bonds is 4. The van der Waals surface area contributed by atoms with Gasteiger partial charge in [-0.05, 0) is 37.6 Å². The third-order valence-corrected chi connectivity index (χ3v) is 3.41. The third kappa shape index (κ3) is 2.96. The molecule has 0 spiro atoms. The third-order valence-electron chi connectivity index (χ3n) is 3.41. The predicted octanol–water partition coefficient (Wildman–Crippen LogP) is 3.08. The second-order valence-electron chi connectivity index (χ2n) is 4.86. The van der Waals surface area contributed by atoms with Crippen molar-refractivity contribution in [2.75, 3.05) is 20.2 Å². The van der Waals surface area contributed by atoms with Crippen molar-refractivity contribution in [1.82, 2.24) is 4.90 Å². The average Bonchev–Trinajstić information content (AvgIpc) is 2.56. The van der Waals surface area contributed by atoms with Gasteiger partial charge >= 0.3 is 0 Å². The van der Waals surface area contributed by atoms with Crippen LogP contribution in [0.3, 0.4) is 0 Å². The molecule has 2 rings (SSSR count). The Morgan fingerprint density at radius 1 is 1.39 bits per heavy atom. The highest BCUT2D eigenvalue weighted by atomic mass is 16.5. The van der Waals surface area contributed by atoms with Crippen LogP contribution >= 0.6 is 0 Å². The van der Waals surface area contributed by atoms with Gasteiger partial charge in [0.2, 0.25) is 0 Å². The molecule has 0 radical (unpaired) electrons. The van der Waals surface area contributed by atoms with E-state index in [1.807, 2.05) is 12.1 Å². The molecule has 18 heavy (non-hydrogen) atoms. The summed E-state index contributed by atoms with van der Waals surface area (Å²) in [5.41, 5.74) is 1.23. The molecule has 3 heteroatoms. The van der Waals surface area contributed by atoms with Crippen molar-refractivity contribution in [2.24, 2.45) is 0 Å². The Labute approximate surface area is 110 Å². The quantitative estimate of drug-likeness (QED) is 0.818. The van der Waals surface area contributed by atoms with Gasteiger partial charge in [0.15, 0.2) is 0 Å². The van der Waals surface area contributed by atoms with Crippen molar-refractivity contribution in [3.05, 3.63) is 23.8 Å². The van der Waals surface area contributed by atoms with E-state index in [-0.39, 0.29) is 0 Å². The first-order valence-corrected chi connectivity index (χ1v) is 6.82. The molecular formula is C15H23NO2. The summed E-state index contributed by atoms with van der Waals surface area (Å²) in [5.74, 6) is 1.92. The van der Waals surface area contributed by atoms with Crippen molar-refractivity contribution in [3.8, 4) is 11.5 Å². The van der Waals surface area contributed by atoms with Crippen LogP contribution in [0.2, 0.25) is 0 Å². The van der Waals surface area contributed by atoms with Gasteiger partial charge in [0.25, 0.3) is 0 Å². The molecule has 1 aliphatic rings. The fourth-order valence-electron chi connectivity index (χ4n) is 2.43. The summed E-state index contributed by atoms with van der Waals surface area (Å²) in [5, 5.41) is 0. The zero-order chi connectivity index (χ0) is 13.0. The average molecular weight is 249 g/mol. The van der Waals surface area contributed by atoms with Crippen LogP contribution in [-0.2, 0) is 6.54 Å². The molecule has 0 bridgehead atoms. The molecule has 0 aromatic heterocycles. The Hall–Kier alpha value is -1.22. The molecule has 1 aromatic carbocycles. The summed E-state index contributed by atoms with van der Waals surface area (Å²) in [6.45, 7) is 7.50. The van der Waals surface area contributed by atoms with E-state index in [2.05, 4.69) is 24.8 Å². The number of hydrogen-bond acceptors (Lipinski definition) is 3. The van der Waals surface area contributed by atoms with Crippen LogP contribution in [-0.4, -0.2) is 31.2 Å². The first-order valence-electron chi connectivity index (χ1n) is 6.82. The number of benzene rings is 1. The SMILES string of the molecule is CCCN1Cc2cc(OC)ccc2OC(CC)C1. The maximum absolute atomic E-state index is 6.08. The lowest BCUT2D eigenvalue weighted by Crippen LogP contribution is -2.32. The van der Waals surface area contributed by atoms with Crippen LogP contribution in [0.25, 0.3) is 0 Å². The van der Waals surface area contributed by atoms with E-state index in [0.717, 1.165) is 37.6 Å². The Morgan fingerprint density at radius 3 is 2.89 bits per heavy atom. The molecule has 100 valence electrons. The number of fused-ring (bicyclic) bond motifs is 1. The Bertz CT molecular complexity index is 392. The fourth-order valence-corrected chi connectivity index (χ4v) is 2.43.